The van der Waals surface area contributed by atoms with E-state index < -0.39 is 0 Å². The van der Waals surface area contributed by atoms with Crippen molar-refractivity contribution < 1.29 is 4.52 Å². The zero-order valence-corrected chi connectivity index (χ0v) is 6.27. The van der Waals surface area contributed by atoms with Gasteiger partial charge in [-0.2, -0.15) is 0 Å². The standard InChI is InChI=1S/C8H7N3O/c1-2-4-7(9-5-3-1)8-6-12-11-10-8/h1-6,9H. The van der Waals surface area contributed by atoms with Crippen molar-refractivity contribution in [3.63, 3.8) is 0 Å². The Labute approximate surface area is 69.2 Å². The quantitative estimate of drug-likeness (QED) is 0.669. The minimum absolute atomic E-state index is 0.700. The Hall–Kier alpha value is -1.84. The topological polar surface area (TPSA) is 51.0 Å². The van der Waals surface area contributed by atoms with Crippen molar-refractivity contribution >= 4 is 5.70 Å². The lowest BCUT2D eigenvalue weighted by atomic mass is 10.3. The maximum absolute atomic E-state index is 4.62. The lowest BCUT2D eigenvalue weighted by Crippen LogP contribution is -2.02. The number of rotatable bonds is 1. The fraction of sp³-hybridized carbons (Fsp3) is 0. The van der Waals surface area contributed by atoms with Crippen molar-refractivity contribution in [3.8, 4) is 0 Å². The van der Waals surface area contributed by atoms with Crippen LogP contribution in [-0.2, 0) is 0 Å². The summed E-state index contributed by atoms with van der Waals surface area (Å²) >= 11 is 0. The number of hydrogen-bond acceptors (Lipinski definition) is 4. The highest BCUT2D eigenvalue weighted by atomic mass is 16.5. The first-order valence-corrected chi connectivity index (χ1v) is 3.54. The van der Waals surface area contributed by atoms with Crippen LogP contribution in [0.3, 0.4) is 0 Å². The smallest absolute Gasteiger partial charge is 0.153 e. The predicted molar refractivity (Wildman–Crippen MR) is 43.7 cm³/mol. The molecule has 1 aliphatic heterocycles. The van der Waals surface area contributed by atoms with Gasteiger partial charge in [-0.15, -0.1) is 5.10 Å². The van der Waals surface area contributed by atoms with Gasteiger partial charge in [0, 0.05) is 11.5 Å². The molecule has 0 unspecified atom stereocenters. The Balaban J connectivity index is 2.30. The molecule has 0 aromatic carbocycles. The Bertz CT molecular complexity index is 335. The van der Waals surface area contributed by atoms with Crippen LogP contribution in [-0.4, -0.2) is 10.4 Å². The molecule has 0 bridgehead atoms. The maximum Gasteiger partial charge on any atom is 0.153 e. The van der Waals surface area contributed by atoms with E-state index in [1.54, 1.807) is 0 Å². The summed E-state index contributed by atoms with van der Waals surface area (Å²) in [6.07, 6.45) is 11.0. The SMILES string of the molecule is C1=CC=C(c2conn2)NC=C1. The monoisotopic (exact) mass is 161 g/mol. The van der Waals surface area contributed by atoms with Crippen LogP contribution in [0, 0.1) is 0 Å². The predicted octanol–water partition coefficient (Wildman–Crippen LogP) is 1.08. The lowest BCUT2D eigenvalue weighted by molar-refractivity contribution is 0.393. The molecule has 60 valence electrons. The van der Waals surface area contributed by atoms with Gasteiger partial charge < -0.3 is 9.84 Å². The molecule has 0 amide bonds. The van der Waals surface area contributed by atoms with Crippen LogP contribution >= 0.6 is 0 Å². The highest BCUT2D eigenvalue weighted by molar-refractivity contribution is 5.62. The zero-order valence-electron chi connectivity index (χ0n) is 6.27. The average Bonchev–Trinajstić information content (AvgIpc) is 2.48. The van der Waals surface area contributed by atoms with Gasteiger partial charge in [-0.05, 0) is 12.2 Å². The van der Waals surface area contributed by atoms with Crippen molar-refractivity contribution in [1.82, 2.24) is 15.7 Å². The van der Waals surface area contributed by atoms with Gasteiger partial charge >= 0.3 is 0 Å². The van der Waals surface area contributed by atoms with Crippen LogP contribution in [0.4, 0.5) is 0 Å². The molecule has 0 spiro atoms. The maximum atomic E-state index is 4.62. The first kappa shape index (κ1) is 6.84. The van der Waals surface area contributed by atoms with Gasteiger partial charge in [0.05, 0.1) is 5.70 Å². The number of nitrogens with zero attached hydrogens (tertiary/aromatic N) is 2. The summed E-state index contributed by atoms with van der Waals surface area (Å²) in [7, 11) is 0. The number of aromatic nitrogens is 2. The Kier molecular flexibility index (Phi) is 1.74. The first-order valence-electron chi connectivity index (χ1n) is 3.54. The van der Waals surface area contributed by atoms with Gasteiger partial charge in [0.1, 0.15) is 0 Å². The third-order valence-corrected chi connectivity index (χ3v) is 1.46. The molecule has 0 fully saturated rings. The van der Waals surface area contributed by atoms with E-state index in [4.69, 9.17) is 0 Å². The Morgan fingerprint density at radius 3 is 3.08 bits per heavy atom. The summed E-state index contributed by atoms with van der Waals surface area (Å²) in [6, 6.07) is 0. The minimum Gasteiger partial charge on any atom is -0.360 e. The molecule has 0 atom stereocenters. The summed E-state index contributed by atoms with van der Waals surface area (Å²) in [6.45, 7) is 0. The van der Waals surface area contributed by atoms with E-state index in [0.29, 0.717) is 5.69 Å². The number of hydrogen-bond donors (Lipinski definition) is 1. The highest BCUT2D eigenvalue weighted by Gasteiger charge is 2.02. The third-order valence-electron chi connectivity index (χ3n) is 1.46. The molecule has 12 heavy (non-hydrogen) atoms. The molecule has 0 aliphatic carbocycles. The summed E-state index contributed by atoms with van der Waals surface area (Å²) in [5, 5.41) is 10.2. The molecular formula is C8H7N3O. The molecular weight excluding hydrogens is 154 g/mol. The summed E-state index contributed by atoms with van der Waals surface area (Å²) in [4.78, 5) is 0. The van der Waals surface area contributed by atoms with Crippen molar-refractivity contribution in [1.29, 1.82) is 0 Å². The van der Waals surface area contributed by atoms with E-state index in [9.17, 15) is 0 Å². The molecule has 2 rings (SSSR count). The summed E-state index contributed by atoms with van der Waals surface area (Å²) in [5.41, 5.74) is 1.58. The van der Waals surface area contributed by atoms with Crippen molar-refractivity contribution in [2.45, 2.75) is 0 Å². The van der Waals surface area contributed by atoms with Crippen molar-refractivity contribution in [2.75, 3.05) is 0 Å². The molecule has 1 aliphatic rings. The van der Waals surface area contributed by atoms with E-state index >= 15 is 0 Å². The normalized spacial score (nSPS) is 15.2. The van der Waals surface area contributed by atoms with Gasteiger partial charge in [-0.25, -0.2) is 0 Å². The third kappa shape index (κ3) is 1.27. The second kappa shape index (κ2) is 3.04. The van der Waals surface area contributed by atoms with Crippen LogP contribution < -0.4 is 5.32 Å². The fourth-order valence-corrected chi connectivity index (χ4v) is 0.899. The van der Waals surface area contributed by atoms with Crippen LogP contribution in [0.5, 0.6) is 0 Å². The summed E-state index contributed by atoms with van der Waals surface area (Å²) < 4.78 is 4.62. The molecule has 1 aromatic rings. The minimum atomic E-state index is 0.700. The summed E-state index contributed by atoms with van der Waals surface area (Å²) in [5.74, 6) is 0. The second-order valence-corrected chi connectivity index (χ2v) is 2.26. The van der Waals surface area contributed by atoms with E-state index in [0.717, 1.165) is 5.70 Å². The van der Waals surface area contributed by atoms with E-state index in [2.05, 4.69) is 20.2 Å². The van der Waals surface area contributed by atoms with Crippen LogP contribution in [0.15, 0.2) is 41.3 Å². The number of allylic oxidation sites excluding steroid dienone is 4. The molecule has 4 heteroatoms. The largest absolute Gasteiger partial charge is 0.360 e. The second-order valence-electron chi connectivity index (χ2n) is 2.26. The number of nitrogens with one attached hydrogen (secondary N) is 1. The van der Waals surface area contributed by atoms with E-state index in [1.165, 1.54) is 6.26 Å². The van der Waals surface area contributed by atoms with Crippen LogP contribution in [0.1, 0.15) is 5.69 Å². The van der Waals surface area contributed by atoms with Gasteiger partial charge in [0.15, 0.2) is 12.0 Å². The van der Waals surface area contributed by atoms with E-state index in [1.807, 2.05) is 30.5 Å². The van der Waals surface area contributed by atoms with Crippen molar-refractivity contribution in [3.05, 3.63) is 42.5 Å². The molecule has 2 heterocycles. The molecule has 4 nitrogen and oxygen atoms in total. The van der Waals surface area contributed by atoms with Gasteiger partial charge in [0.25, 0.3) is 0 Å². The van der Waals surface area contributed by atoms with Gasteiger partial charge in [-0.1, -0.05) is 12.2 Å². The molecule has 0 radical (unpaired) electrons. The van der Waals surface area contributed by atoms with Gasteiger partial charge in [-0.3, -0.25) is 0 Å². The van der Waals surface area contributed by atoms with Crippen molar-refractivity contribution in [2.24, 2.45) is 0 Å². The molecule has 0 saturated carbocycles. The van der Waals surface area contributed by atoms with E-state index in [-0.39, 0.29) is 0 Å². The zero-order chi connectivity index (χ0) is 8.23. The first-order chi connectivity index (χ1) is 5.97. The molecule has 0 saturated heterocycles. The average molecular weight is 161 g/mol. The van der Waals surface area contributed by atoms with Gasteiger partial charge in [0.2, 0.25) is 0 Å². The molecule has 1 aromatic heterocycles. The highest BCUT2D eigenvalue weighted by Crippen LogP contribution is 2.08. The van der Waals surface area contributed by atoms with Crippen LogP contribution in [0.25, 0.3) is 5.70 Å². The van der Waals surface area contributed by atoms with Crippen LogP contribution in [0.2, 0.25) is 0 Å². The molecule has 1 N–H and O–H groups in total. The lowest BCUT2D eigenvalue weighted by Gasteiger charge is -1.98. The Morgan fingerprint density at radius 1 is 1.25 bits per heavy atom. The fourth-order valence-electron chi connectivity index (χ4n) is 0.899. The Morgan fingerprint density at radius 2 is 2.25 bits per heavy atom.